The number of allylic oxidation sites excluding steroid dienone is 2. The molecule has 26 heavy (non-hydrogen) atoms. The molecule has 4 nitrogen and oxygen atoms in total. The van der Waals surface area contributed by atoms with Gasteiger partial charge >= 0.3 is 0 Å². The Kier molecular flexibility index (Phi) is 7.78. The number of hydrogen-bond donors (Lipinski definition) is 1. The highest BCUT2D eigenvalue weighted by atomic mass is 32.2. The monoisotopic (exact) mass is 383 g/mol. The molecule has 0 amide bonds. The SMILES string of the molecule is CCONC(C)=C1C(=O)CC(CCSc2ccc(C(F)F)cc2)CC1=O. The van der Waals surface area contributed by atoms with Crippen LogP contribution in [0.15, 0.2) is 40.4 Å². The van der Waals surface area contributed by atoms with Gasteiger partial charge in [0.25, 0.3) is 6.43 Å². The lowest BCUT2D eigenvalue weighted by Crippen LogP contribution is -2.30. The van der Waals surface area contributed by atoms with Crippen LogP contribution in [0, 0.1) is 5.92 Å². The Labute approximate surface area is 156 Å². The van der Waals surface area contributed by atoms with E-state index in [-0.39, 0.29) is 28.6 Å². The molecule has 0 aromatic heterocycles. The molecule has 0 bridgehead atoms. The summed E-state index contributed by atoms with van der Waals surface area (Å²) < 4.78 is 25.1. The Morgan fingerprint density at radius 2 is 1.85 bits per heavy atom. The van der Waals surface area contributed by atoms with Gasteiger partial charge in [-0.1, -0.05) is 12.1 Å². The Morgan fingerprint density at radius 1 is 1.23 bits per heavy atom. The van der Waals surface area contributed by atoms with Gasteiger partial charge in [0.1, 0.15) is 0 Å². The summed E-state index contributed by atoms with van der Waals surface area (Å²) in [5, 5.41) is 0. The van der Waals surface area contributed by atoms with Crippen LogP contribution in [-0.2, 0) is 14.4 Å². The van der Waals surface area contributed by atoms with Crippen LogP contribution in [0.25, 0.3) is 0 Å². The minimum Gasteiger partial charge on any atom is -0.294 e. The summed E-state index contributed by atoms with van der Waals surface area (Å²) in [5.41, 5.74) is 3.32. The van der Waals surface area contributed by atoms with Crippen molar-refractivity contribution in [1.29, 1.82) is 0 Å². The van der Waals surface area contributed by atoms with Gasteiger partial charge in [-0.2, -0.15) is 0 Å². The molecule has 1 aliphatic carbocycles. The summed E-state index contributed by atoms with van der Waals surface area (Å²) in [7, 11) is 0. The predicted molar refractivity (Wildman–Crippen MR) is 96.9 cm³/mol. The van der Waals surface area contributed by atoms with E-state index in [9.17, 15) is 18.4 Å². The van der Waals surface area contributed by atoms with Crippen LogP contribution in [0.3, 0.4) is 0 Å². The topological polar surface area (TPSA) is 55.4 Å². The van der Waals surface area contributed by atoms with Gasteiger partial charge in [-0.15, -0.1) is 11.8 Å². The molecule has 0 spiro atoms. The zero-order valence-corrected chi connectivity index (χ0v) is 15.7. The van der Waals surface area contributed by atoms with Gasteiger partial charge in [0.05, 0.1) is 12.2 Å². The number of hydrogen-bond acceptors (Lipinski definition) is 5. The molecule has 1 N–H and O–H groups in total. The van der Waals surface area contributed by atoms with E-state index in [1.165, 1.54) is 12.1 Å². The summed E-state index contributed by atoms with van der Waals surface area (Å²) in [4.78, 5) is 30.6. The smallest absolute Gasteiger partial charge is 0.263 e. The Morgan fingerprint density at radius 3 is 2.38 bits per heavy atom. The second-order valence-electron chi connectivity index (χ2n) is 6.16. The fraction of sp³-hybridized carbons (Fsp3) is 0.474. The number of rotatable bonds is 8. The lowest BCUT2D eigenvalue weighted by molar-refractivity contribution is -0.125. The maximum Gasteiger partial charge on any atom is 0.263 e. The van der Waals surface area contributed by atoms with E-state index >= 15 is 0 Å². The minimum absolute atomic E-state index is 0.00757. The van der Waals surface area contributed by atoms with Crippen LogP contribution in [0.5, 0.6) is 0 Å². The Balaban J connectivity index is 1.85. The average Bonchev–Trinajstić information content (AvgIpc) is 2.59. The number of nitrogens with one attached hydrogen (secondary N) is 1. The normalized spacial score (nSPS) is 17.7. The van der Waals surface area contributed by atoms with Crippen molar-refractivity contribution in [1.82, 2.24) is 5.48 Å². The minimum atomic E-state index is -2.46. The number of Topliss-reactive ketones (excluding diaryl/α,β-unsaturated/α-hetero) is 2. The van der Waals surface area contributed by atoms with E-state index in [1.807, 2.05) is 6.92 Å². The Hall–Kier alpha value is -1.73. The third-order valence-electron chi connectivity index (χ3n) is 4.18. The number of carbonyl (C=O) groups is 2. The number of alkyl halides is 2. The van der Waals surface area contributed by atoms with E-state index in [0.717, 1.165) is 17.1 Å². The van der Waals surface area contributed by atoms with Gasteiger partial charge in [-0.25, -0.2) is 8.78 Å². The lowest BCUT2D eigenvalue weighted by atomic mass is 9.82. The summed E-state index contributed by atoms with van der Waals surface area (Å²) in [6, 6.07) is 6.19. The first-order valence-electron chi connectivity index (χ1n) is 8.58. The molecule has 1 saturated carbocycles. The molecule has 0 radical (unpaired) electrons. The highest BCUT2D eigenvalue weighted by Gasteiger charge is 2.31. The number of halogens is 2. The maximum absolute atomic E-state index is 12.5. The largest absolute Gasteiger partial charge is 0.294 e. The molecule has 0 atom stereocenters. The predicted octanol–water partition coefficient (Wildman–Crippen LogP) is 4.47. The van der Waals surface area contributed by atoms with Crippen LogP contribution in [0.2, 0.25) is 0 Å². The second-order valence-corrected chi connectivity index (χ2v) is 7.33. The second kappa shape index (κ2) is 9.83. The molecule has 1 aromatic rings. The van der Waals surface area contributed by atoms with Crippen LogP contribution in [0.1, 0.15) is 45.1 Å². The average molecular weight is 383 g/mol. The Bertz CT molecular complexity index is 654. The van der Waals surface area contributed by atoms with Crippen LogP contribution in [0.4, 0.5) is 8.78 Å². The van der Waals surface area contributed by atoms with E-state index in [0.29, 0.717) is 25.1 Å². The highest BCUT2D eigenvalue weighted by Crippen LogP contribution is 2.30. The van der Waals surface area contributed by atoms with Gasteiger partial charge in [-0.05, 0) is 44.1 Å². The van der Waals surface area contributed by atoms with Gasteiger partial charge in [0, 0.05) is 29.0 Å². The molecule has 7 heteroatoms. The third kappa shape index (κ3) is 5.64. The third-order valence-corrected chi connectivity index (χ3v) is 5.22. The van der Waals surface area contributed by atoms with E-state index in [1.54, 1.807) is 30.8 Å². The van der Waals surface area contributed by atoms with E-state index in [4.69, 9.17) is 4.84 Å². The molecular formula is C19H23F2NO3S. The zero-order chi connectivity index (χ0) is 19.1. The molecule has 1 aliphatic rings. The number of hydroxylamine groups is 1. The first kappa shape index (κ1) is 20.6. The van der Waals surface area contributed by atoms with E-state index in [2.05, 4.69) is 5.48 Å². The summed E-state index contributed by atoms with van der Waals surface area (Å²) in [6.45, 7) is 3.91. The quantitative estimate of drug-likeness (QED) is 0.311. The maximum atomic E-state index is 12.5. The highest BCUT2D eigenvalue weighted by molar-refractivity contribution is 7.99. The summed E-state index contributed by atoms with van der Waals surface area (Å²) in [6.07, 6.45) is -1.05. The van der Waals surface area contributed by atoms with Gasteiger partial charge < -0.3 is 0 Å². The standard InChI is InChI=1S/C19H23F2NO3S/c1-3-25-22-12(2)18-16(23)10-13(11-17(18)24)8-9-26-15-6-4-14(5-7-15)19(20)21/h4-7,13,19,22H,3,8-11H2,1-2H3. The molecule has 1 fully saturated rings. The van der Waals surface area contributed by atoms with Crippen molar-refractivity contribution in [2.45, 2.75) is 44.4 Å². The molecule has 0 unspecified atom stereocenters. The van der Waals surface area contributed by atoms with Crippen molar-refractivity contribution in [3.63, 3.8) is 0 Å². The van der Waals surface area contributed by atoms with Crippen molar-refractivity contribution in [2.75, 3.05) is 12.4 Å². The fourth-order valence-electron chi connectivity index (χ4n) is 2.86. The first-order valence-corrected chi connectivity index (χ1v) is 9.56. The van der Waals surface area contributed by atoms with Gasteiger partial charge in [-0.3, -0.25) is 19.9 Å². The number of ketones is 2. The van der Waals surface area contributed by atoms with Crippen LogP contribution >= 0.6 is 11.8 Å². The molecule has 0 saturated heterocycles. The van der Waals surface area contributed by atoms with E-state index < -0.39 is 6.43 Å². The van der Waals surface area contributed by atoms with Crippen molar-refractivity contribution in [2.24, 2.45) is 5.92 Å². The molecular weight excluding hydrogens is 360 g/mol. The summed E-state index contributed by atoms with van der Waals surface area (Å²) >= 11 is 1.54. The fourth-order valence-corrected chi connectivity index (χ4v) is 3.88. The van der Waals surface area contributed by atoms with Crippen molar-refractivity contribution in [3.05, 3.63) is 41.1 Å². The van der Waals surface area contributed by atoms with Gasteiger partial charge in [0.15, 0.2) is 11.6 Å². The zero-order valence-electron chi connectivity index (χ0n) is 14.9. The first-order chi connectivity index (χ1) is 12.4. The van der Waals surface area contributed by atoms with Crippen LogP contribution in [-0.4, -0.2) is 23.9 Å². The number of carbonyl (C=O) groups excluding carboxylic acids is 2. The molecule has 1 aromatic carbocycles. The molecule has 0 aliphatic heterocycles. The van der Waals surface area contributed by atoms with Crippen molar-refractivity contribution >= 4 is 23.3 Å². The van der Waals surface area contributed by atoms with Crippen molar-refractivity contribution < 1.29 is 23.2 Å². The summed E-state index contributed by atoms with van der Waals surface area (Å²) in [5.74, 6) is 0.449. The number of thioether (sulfide) groups is 1. The molecule has 142 valence electrons. The molecule has 0 heterocycles. The lowest BCUT2D eigenvalue weighted by Gasteiger charge is -2.23. The number of benzene rings is 1. The van der Waals surface area contributed by atoms with Gasteiger partial charge in [0.2, 0.25) is 0 Å². The molecule has 2 rings (SSSR count). The van der Waals surface area contributed by atoms with Crippen LogP contribution < -0.4 is 5.48 Å². The van der Waals surface area contributed by atoms with Crippen molar-refractivity contribution in [3.8, 4) is 0 Å².